The fourth-order valence-electron chi connectivity index (χ4n) is 1.80. The van der Waals surface area contributed by atoms with E-state index in [4.69, 9.17) is 9.47 Å². The van der Waals surface area contributed by atoms with Crippen molar-refractivity contribution in [1.82, 2.24) is 15.0 Å². The number of ether oxygens (including phenoxy) is 2. The highest BCUT2D eigenvalue weighted by Crippen LogP contribution is 2.11. The number of hydrogen-bond donors (Lipinski definition) is 0. The standard InChI is InChI=1S/C11H13N3O2/c1-2-4-10-9(3-1)12-14(13-10)6-5-11-15-7-8-16-11/h1-4,11H,5-8H2. The second-order valence-electron chi connectivity index (χ2n) is 3.74. The van der Waals surface area contributed by atoms with Crippen molar-refractivity contribution in [2.45, 2.75) is 19.3 Å². The van der Waals surface area contributed by atoms with Gasteiger partial charge in [0.05, 0.1) is 19.8 Å². The molecule has 2 aromatic rings. The maximum absolute atomic E-state index is 5.36. The third kappa shape index (κ3) is 1.91. The molecular weight excluding hydrogens is 206 g/mol. The van der Waals surface area contributed by atoms with Gasteiger partial charge in [0, 0.05) is 6.42 Å². The van der Waals surface area contributed by atoms with Crippen LogP contribution in [0.3, 0.4) is 0 Å². The summed E-state index contributed by atoms with van der Waals surface area (Å²) < 4.78 is 10.7. The predicted molar refractivity (Wildman–Crippen MR) is 57.8 cm³/mol. The Morgan fingerprint density at radius 2 is 1.75 bits per heavy atom. The number of aryl methyl sites for hydroxylation is 1. The summed E-state index contributed by atoms with van der Waals surface area (Å²) >= 11 is 0. The molecule has 3 rings (SSSR count). The molecule has 1 saturated heterocycles. The second-order valence-corrected chi connectivity index (χ2v) is 3.74. The van der Waals surface area contributed by atoms with Crippen LogP contribution >= 0.6 is 0 Å². The van der Waals surface area contributed by atoms with Crippen LogP contribution in [0.25, 0.3) is 11.0 Å². The Hall–Kier alpha value is -1.46. The average molecular weight is 219 g/mol. The SMILES string of the molecule is c1ccc2nn(CCC3OCCO3)nc2c1. The molecule has 0 radical (unpaired) electrons. The highest BCUT2D eigenvalue weighted by Gasteiger charge is 2.15. The Balaban J connectivity index is 1.69. The lowest BCUT2D eigenvalue weighted by Crippen LogP contribution is -2.13. The first kappa shape index (κ1) is 9.74. The molecule has 1 aliphatic rings. The van der Waals surface area contributed by atoms with E-state index in [9.17, 15) is 0 Å². The van der Waals surface area contributed by atoms with Crippen molar-refractivity contribution >= 4 is 11.0 Å². The largest absolute Gasteiger partial charge is 0.350 e. The fourth-order valence-corrected chi connectivity index (χ4v) is 1.80. The maximum atomic E-state index is 5.36. The normalized spacial score (nSPS) is 17.2. The van der Waals surface area contributed by atoms with Crippen molar-refractivity contribution in [3.63, 3.8) is 0 Å². The van der Waals surface area contributed by atoms with E-state index in [1.165, 1.54) is 0 Å². The predicted octanol–water partition coefficient (Wildman–Crippen LogP) is 1.19. The Kier molecular flexibility index (Phi) is 2.55. The number of rotatable bonds is 3. The van der Waals surface area contributed by atoms with E-state index >= 15 is 0 Å². The van der Waals surface area contributed by atoms with Crippen molar-refractivity contribution in [2.75, 3.05) is 13.2 Å². The number of benzene rings is 1. The summed E-state index contributed by atoms with van der Waals surface area (Å²) in [5, 5.41) is 8.74. The van der Waals surface area contributed by atoms with Crippen molar-refractivity contribution in [3.05, 3.63) is 24.3 Å². The molecule has 16 heavy (non-hydrogen) atoms. The second kappa shape index (κ2) is 4.19. The van der Waals surface area contributed by atoms with Gasteiger partial charge in [-0.05, 0) is 12.1 Å². The average Bonchev–Trinajstić information content (AvgIpc) is 2.95. The maximum Gasteiger partial charge on any atom is 0.159 e. The summed E-state index contributed by atoms with van der Waals surface area (Å²) in [6, 6.07) is 7.85. The number of nitrogens with zero attached hydrogens (tertiary/aromatic N) is 3. The molecule has 0 aliphatic carbocycles. The van der Waals surface area contributed by atoms with Crippen molar-refractivity contribution < 1.29 is 9.47 Å². The molecule has 1 aromatic carbocycles. The van der Waals surface area contributed by atoms with Crippen LogP contribution in [0.5, 0.6) is 0 Å². The lowest BCUT2D eigenvalue weighted by Gasteiger charge is -2.07. The first-order valence-electron chi connectivity index (χ1n) is 5.45. The molecule has 5 heteroatoms. The van der Waals surface area contributed by atoms with E-state index in [0.29, 0.717) is 13.2 Å². The zero-order chi connectivity index (χ0) is 10.8. The third-order valence-electron chi connectivity index (χ3n) is 2.58. The Labute approximate surface area is 93.0 Å². The smallest absolute Gasteiger partial charge is 0.159 e. The van der Waals surface area contributed by atoms with Gasteiger partial charge in [-0.1, -0.05) is 12.1 Å². The van der Waals surface area contributed by atoms with E-state index in [0.717, 1.165) is 24.0 Å². The van der Waals surface area contributed by atoms with Gasteiger partial charge in [0.25, 0.3) is 0 Å². The van der Waals surface area contributed by atoms with Crippen LogP contribution in [0.2, 0.25) is 0 Å². The van der Waals surface area contributed by atoms with Crippen LogP contribution < -0.4 is 0 Å². The van der Waals surface area contributed by atoms with Gasteiger partial charge in [0.1, 0.15) is 11.0 Å². The van der Waals surface area contributed by atoms with Crippen molar-refractivity contribution in [1.29, 1.82) is 0 Å². The van der Waals surface area contributed by atoms with Crippen LogP contribution in [-0.2, 0) is 16.0 Å². The zero-order valence-electron chi connectivity index (χ0n) is 8.87. The summed E-state index contributed by atoms with van der Waals surface area (Å²) in [4.78, 5) is 1.70. The molecule has 0 spiro atoms. The van der Waals surface area contributed by atoms with E-state index in [1.54, 1.807) is 4.80 Å². The lowest BCUT2D eigenvalue weighted by atomic mass is 10.3. The van der Waals surface area contributed by atoms with Gasteiger partial charge in [-0.15, -0.1) is 0 Å². The van der Waals surface area contributed by atoms with Gasteiger partial charge >= 0.3 is 0 Å². The van der Waals surface area contributed by atoms with Crippen LogP contribution in [-0.4, -0.2) is 34.5 Å². The van der Waals surface area contributed by atoms with E-state index in [2.05, 4.69) is 10.2 Å². The first-order chi connectivity index (χ1) is 7.92. The van der Waals surface area contributed by atoms with Crippen LogP contribution in [0.4, 0.5) is 0 Å². The van der Waals surface area contributed by atoms with Gasteiger partial charge in [0.15, 0.2) is 6.29 Å². The molecule has 0 bridgehead atoms. The molecule has 84 valence electrons. The quantitative estimate of drug-likeness (QED) is 0.778. The Morgan fingerprint density at radius 1 is 1.12 bits per heavy atom. The number of fused-ring (bicyclic) bond motifs is 1. The van der Waals surface area contributed by atoms with Crippen LogP contribution in [0, 0.1) is 0 Å². The molecule has 0 amide bonds. The molecule has 5 nitrogen and oxygen atoms in total. The first-order valence-corrected chi connectivity index (χ1v) is 5.45. The fraction of sp³-hybridized carbons (Fsp3) is 0.455. The monoisotopic (exact) mass is 219 g/mol. The van der Waals surface area contributed by atoms with Gasteiger partial charge in [-0.25, -0.2) is 0 Å². The highest BCUT2D eigenvalue weighted by molar-refractivity contribution is 5.72. The third-order valence-corrected chi connectivity index (χ3v) is 2.58. The summed E-state index contributed by atoms with van der Waals surface area (Å²) in [6.07, 6.45) is 0.704. The van der Waals surface area contributed by atoms with Crippen molar-refractivity contribution in [2.24, 2.45) is 0 Å². The van der Waals surface area contributed by atoms with E-state index in [1.807, 2.05) is 24.3 Å². The Bertz CT molecular complexity index is 444. The minimum atomic E-state index is -0.0888. The molecule has 1 fully saturated rings. The molecule has 0 unspecified atom stereocenters. The minimum absolute atomic E-state index is 0.0888. The Morgan fingerprint density at radius 3 is 2.38 bits per heavy atom. The summed E-state index contributed by atoms with van der Waals surface area (Å²) in [5.41, 5.74) is 1.85. The molecule has 2 heterocycles. The number of hydrogen-bond acceptors (Lipinski definition) is 4. The molecule has 1 aliphatic heterocycles. The summed E-state index contributed by atoms with van der Waals surface area (Å²) in [7, 11) is 0. The molecule has 0 atom stereocenters. The summed E-state index contributed by atoms with van der Waals surface area (Å²) in [6.45, 7) is 2.11. The van der Waals surface area contributed by atoms with Crippen LogP contribution in [0.15, 0.2) is 24.3 Å². The highest BCUT2D eigenvalue weighted by atomic mass is 16.7. The minimum Gasteiger partial charge on any atom is -0.350 e. The van der Waals surface area contributed by atoms with Gasteiger partial charge < -0.3 is 9.47 Å². The van der Waals surface area contributed by atoms with Crippen LogP contribution in [0.1, 0.15) is 6.42 Å². The molecule has 0 saturated carbocycles. The van der Waals surface area contributed by atoms with E-state index < -0.39 is 0 Å². The summed E-state index contributed by atoms with van der Waals surface area (Å²) in [5.74, 6) is 0. The zero-order valence-corrected chi connectivity index (χ0v) is 8.87. The molecule has 1 aromatic heterocycles. The van der Waals surface area contributed by atoms with Gasteiger partial charge in [-0.2, -0.15) is 15.0 Å². The van der Waals surface area contributed by atoms with E-state index in [-0.39, 0.29) is 6.29 Å². The lowest BCUT2D eigenvalue weighted by molar-refractivity contribution is -0.0501. The topological polar surface area (TPSA) is 49.2 Å². The van der Waals surface area contributed by atoms with Gasteiger partial charge in [0.2, 0.25) is 0 Å². The molecule has 0 N–H and O–H groups in total. The van der Waals surface area contributed by atoms with Crippen molar-refractivity contribution in [3.8, 4) is 0 Å². The van der Waals surface area contributed by atoms with Gasteiger partial charge in [-0.3, -0.25) is 0 Å². The molecular formula is C11H13N3O2. The number of aromatic nitrogens is 3.